The molecule has 2 aromatic heterocycles. The number of ketones is 1. The van der Waals surface area contributed by atoms with Crippen LogP contribution in [0.4, 0.5) is 14.5 Å². The van der Waals surface area contributed by atoms with Gasteiger partial charge < -0.3 is 20.9 Å². The van der Waals surface area contributed by atoms with Crippen LogP contribution < -0.4 is 15.8 Å². The van der Waals surface area contributed by atoms with Crippen molar-refractivity contribution in [2.45, 2.75) is 12.6 Å². The van der Waals surface area contributed by atoms with Crippen LogP contribution in [-0.2, 0) is 11.4 Å². The number of aliphatic hydroxyl groups excluding tert-OH is 1. The highest BCUT2D eigenvalue weighted by atomic mass is 19.1. The van der Waals surface area contributed by atoms with Crippen molar-refractivity contribution in [3.8, 4) is 5.75 Å². The number of benzene rings is 2. The summed E-state index contributed by atoms with van der Waals surface area (Å²) >= 11 is 0. The van der Waals surface area contributed by atoms with E-state index in [1.54, 1.807) is 47.1 Å². The number of nitrogens with zero attached hydrogens (tertiary/aromatic N) is 3. The zero-order valence-electron chi connectivity index (χ0n) is 20.2. The number of hydrogen-bond donors (Lipinski definition) is 3. The van der Waals surface area contributed by atoms with Crippen molar-refractivity contribution in [1.82, 2.24) is 9.61 Å². The predicted octanol–water partition coefficient (Wildman–Crippen LogP) is 3.91. The maximum atomic E-state index is 14.1. The second kappa shape index (κ2) is 11.0. The first-order valence-corrected chi connectivity index (χ1v) is 11.2. The number of Topliss-reactive ketones (excluding diaryl/α,β-unsaturated/α-hetero) is 1. The van der Waals surface area contributed by atoms with Gasteiger partial charge in [-0.25, -0.2) is 13.3 Å². The van der Waals surface area contributed by atoms with Gasteiger partial charge in [-0.3, -0.25) is 9.79 Å². The average Bonchev–Trinajstić information content (AvgIpc) is 3.38. The zero-order chi connectivity index (χ0) is 26.5. The van der Waals surface area contributed by atoms with E-state index in [4.69, 9.17) is 10.5 Å². The molecule has 4 rings (SSSR count). The molecule has 0 saturated carbocycles. The first-order chi connectivity index (χ1) is 17.8. The Kier molecular flexibility index (Phi) is 7.59. The van der Waals surface area contributed by atoms with E-state index in [9.17, 15) is 18.7 Å². The lowest BCUT2D eigenvalue weighted by molar-refractivity contribution is -0.115. The smallest absolute Gasteiger partial charge is 0.194 e. The predicted molar refractivity (Wildman–Crippen MR) is 137 cm³/mol. The minimum Gasteiger partial charge on any atom is -0.497 e. The molecule has 0 spiro atoms. The van der Waals surface area contributed by atoms with Gasteiger partial charge in [0.05, 0.1) is 36.2 Å². The summed E-state index contributed by atoms with van der Waals surface area (Å²) in [5.74, 6) is -1.72. The zero-order valence-corrected chi connectivity index (χ0v) is 20.2. The van der Waals surface area contributed by atoms with Crippen molar-refractivity contribution >= 4 is 28.9 Å². The average molecular weight is 506 g/mol. The number of carbonyl (C=O) groups excluding carboxylic acids is 1. The third-order valence-electron chi connectivity index (χ3n) is 5.69. The maximum absolute atomic E-state index is 14.1. The molecular formula is C27H25F2N5O3. The second-order valence-electron chi connectivity index (χ2n) is 8.16. The molecule has 0 fully saturated rings. The quantitative estimate of drug-likeness (QED) is 0.235. The number of nitrogens with two attached hydrogens (primary N) is 1. The molecule has 0 radical (unpaired) electrons. The largest absolute Gasteiger partial charge is 0.497 e. The fourth-order valence-corrected chi connectivity index (χ4v) is 4.00. The molecule has 0 bridgehead atoms. The van der Waals surface area contributed by atoms with Gasteiger partial charge in [0.2, 0.25) is 0 Å². The molecule has 4 aromatic rings. The summed E-state index contributed by atoms with van der Waals surface area (Å²) in [6, 6.07) is 13.9. The molecule has 0 aliphatic rings. The van der Waals surface area contributed by atoms with E-state index in [1.807, 2.05) is 6.07 Å². The number of aliphatic imine (C=N–C) groups is 1. The normalized spacial score (nSPS) is 13.0. The van der Waals surface area contributed by atoms with Crippen LogP contribution in [0.15, 0.2) is 77.4 Å². The van der Waals surface area contributed by atoms with Gasteiger partial charge in [0.1, 0.15) is 23.4 Å². The molecule has 1 atom stereocenters. The van der Waals surface area contributed by atoms with Crippen LogP contribution in [0.5, 0.6) is 5.75 Å². The number of fused-ring (bicyclic) bond motifs is 1. The lowest BCUT2D eigenvalue weighted by Gasteiger charge is -2.22. The van der Waals surface area contributed by atoms with E-state index >= 15 is 0 Å². The Bertz CT molecular complexity index is 1470. The monoisotopic (exact) mass is 505 g/mol. The van der Waals surface area contributed by atoms with Gasteiger partial charge in [0.25, 0.3) is 0 Å². The highest BCUT2D eigenvalue weighted by Gasteiger charge is 2.28. The minimum absolute atomic E-state index is 0.000690. The number of methoxy groups -OCH3 is 1. The number of pyridine rings is 1. The Morgan fingerprint density at radius 2 is 1.95 bits per heavy atom. The van der Waals surface area contributed by atoms with Crippen molar-refractivity contribution in [3.63, 3.8) is 0 Å². The first kappa shape index (κ1) is 25.5. The summed E-state index contributed by atoms with van der Waals surface area (Å²) in [4.78, 5) is 18.1. The summed E-state index contributed by atoms with van der Waals surface area (Å²) in [5.41, 5.74) is 8.35. The molecule has 8 nitrogen and oxygen atoms in total. The topological polar surface area (TPSA) is 114 Å². The van der Waals surface area contributed by atoms with Gasteiger partial charge >= 0.3 is 0 Å². The Hall–Kier alpha value is -4.57. The maximum Gasteiger partial charge on any atom is 0.194 e. The molecular weight excluding hydrogens is 480 g/mol. The Morgan fingerprint density at radius 3 is 2.62 bits per heavy atom. The summed E-state index contributed by atoms with van der Waals surface area (Å²) in [7, 11) is 2.95. The van der Waals surface area contributed by atoms with Crippen LogP contribution in [0.1, 0.15) is 22.9 Å². The van der Waals surface area contributed by atoms with Crippen molar-refractivity contribution in [2.75, 3.05) is 19.5 Å². The third-order valence-corrected chi connectivity index (χ3v) is 5.69. The lowest BCUT2D eigenvalue weighted by Crippen LogP contribution is -2.27. The van der Waals surface area contributed by atoms with Crippen LogP contribution in [0.2, 0.25) is 0 Å². The molecule has 0 saturated heterocycles. The number of nitrogens with one attached hydrogen (secondary N) is 1. The van der Waals surface area contributed by atoms with Crippen molar-refractivity contribution in [1.29, 1.82) is 0 Å². The van der Waals surface area contributed by atoms with E-state index in [0.29, 0.717) is 22.7 Å². The van der Waals surface area contributed by atoms with Crippen molar-refractivity contribution < 1.29 is 23.4 Å². The summed E-state index contributed by atoms with van der Waals surface area (Å²) < 4.78 is 34.8. The molecule has 0 aliphatic heterocycles. The fraction of sp³-hybridized carbons (Fsp3) is 0.148. The number of ether oxygens (including phenoxy) is 1. The molecule has 2 heterocycles. The summed E-state index contributed by atoms with van der Waals surface area (Å²) in [6.07, 6.45) is 2.85. The van der Waals surface area contributed by atoms with Crippen LogP contribution in [0, 0.1) is 11.6 Å². The van der Waals surface area contributed by atoms with E-state index < -0.39 is 23.5 Å². The lowest BCUT2D eigenvalue weighted by atomic mass is 9.96. The van der Waals surface area contributed by atoms with Crippen molar-refractivity contribution in [2.24, 2.45) is 10.7 Å². The number of rotatable bonds is 9. The minimum atomic E-state index is -1.06. The van der Waals surface area contributed by atoms with Crippen LogP contribution in [0.3, 0.4) is 0 Å². The van der Waals surface area contributed by atoms with E-state index in [0.717, 1.165) is 23.7 Å². The van der Waals surface area contributed by atoms with E-state index in [-0.39, 0.29) is 23.4 Å². The SMILES string of the molecule is CN=CC(C(=O)C(Nc1cc(CO)cc(OC)c1)c1cccc2ccnn12)=C(N)c1cc(F)cc(F)c1. The Labute approximate surface area is 211 Å². The highest BCUT2D eigenvalue weighted by Crippen LogP contribution is 2.29. The number of carbonyl (C=O) groups is 1. The van der Waals surface area contributed by atoms with E-state index in [1.165, 1.54) is 20.4 Å². The number of anilines is 1. The van der Waals surface area contributed by atoms with Crippen LogP contribution >= 0.6 is 0 Å². The second-order valence-corrected chi connectivity index (χ2v) is 8.16. The molecule has 0 amide bonds. The van der Waals surface area contributed by atoms with Gasteiger partial charge in [-0.1, -0.05) is 6.07 Å². The molecule has 10 heteroatoms. The van der Waals surface area contributed by atoms with Crippen LogP contribution in [0.25, 0.3) is 11.2 Å². The summed E-state index contributed by atoms with van der Waals surface area (Å²) in [5, 5.41) is 17.2. The van der Waals surface area contributed by atoms with Gasteiger partial charge in [-0.05, 0) is 48.0 Å². The first-order valence-electron chi connectivity index (χ1n) is 11.2. The van der Waals surface area contributed by atoms with Crippen molar-refractivity contribution in [3.05, 3.63) is 101 Å². The van der Waals surface area contributed by atoms with Gasteiger partial charge in [0.15, 0.2) is 5.78 Å². The van der Waals surface area contributed by atoms with Gasteiger partial charge in [0, 0.05) is 42.8 Å². The Morgan fingerprint density at radius 1 is 1.19 bits per heavy atom. The highest BCUT2D eigenvalue weighted by molar-refractivity contribution is 6.21. The molecule has 2 aromatic carbocycles. The Balaban J connectivity index is 1.89. The molecule has 190 valence electrons. The summed E-state index contributed by atoms with van der Waals surface area (Å²) in [6.45, 7) is -0.245. The van der Waals surface area contributed by atoms with Gasteiger partial charge in [-0.2, -0.15) is 5.10 Å². The molecule has 4 N–H and O–H groups in total. The van der Waals surface area contributed by atoms with Gasteiger partial charge in [-0.15, -0.1) is 0 Å². The number of halogens is 2. The molecule has 37 heavy (non-hydrogen) atoms. The molecule has 0 aliphatic carbocycles. The standard InChI is InChI=1S/C27H25F2N5O3/c1-31-14-23(25(30)17-10-18(28)12-19(29)11-17)27(36)26(24-5-3-4-21-6-7-32-34(21)24)33-20-8-16(15-35)9-22(13-20)37-2/h3-14,26,33,35H,15,30H2,1-2H3. The van der Waals surface area contributed by atoms with E-state index in [2.05, 4.69) is 15.4 Å². The van der Waals surface area contributed by atoms with Crippen LogP contribution in [-0.4, -0.2) is 40.9 Å². The fourth-order valence-electron chi connectivity index (χ4n) is 4.00. The third kappa shape index (κ3) is 5.49. The number of aromatic nitrogens is 2. The number of aliphatic hydroxyl groups is 1. The number of hydrogen-bond acceptors (Lipinski definition) is 7. The molecule has 1 unspecified atom stereocenters.